The van der Waals surface area contributed by atoms with Crippen molar-refractivity contribution < 1.29 is 19.1 Å². The molecule has 2 aromatic rings. The van der Waals surface area contributed by atoms with Crippen molar-refractivity contribution in [2.75, 3.05) is 14.2 Å². The van der Waals surface area contributed by atoms with Crippen molar-refractivity contribution in [3.8, 4) is 0 Å². The van der Waals surface area contributed by atoms with E-state index in [1.54, 1.807) is 11.8 Å². The third-order valence-electron chi connectivity index (χ3n) is 3.92. The molecule has 0 N–H and O–H groups in total. The van der Waals surface area contributed by atoms with Gasteiger partial charge in [-0.25, -0.2) is 4.79 Å². The first-order valence-electron chi connectivity index (χ1n) is 7.98. The predicted octanol–water partition coefficient (Wildman–Crippen LogP) is 4.29. The molecule has 2 unspecified atom stereocenters. The molecule has 0 aromatic heterocycles. The number of esters is 2. The Morgan fingerprint density at radius 1 is 0.885 bits per heavy atom. The predicted molar refractivity (Wildman–Crippen MR) is 106 cm³/mol. The fraction of sp³-hybridized carbons (Fsp3) is 0.200. The van der Waals surface area contributed by atoms with Crippen molar-refractivity contribution in [3.05, 3.63) is 77.4 Å². The van der Waals surface area contributed by atoms with Crippen molar-refractivity contribution in [2.24, 2.45) is 0 Å². The third-order valence-corrected chi connectivity index (χ3v) is 6.94. The van der Waals surface area contributed by atoms with E-state index in [1.807, 2.05) is 60.7 Å². The fourth-order valence-corrected chi connectivity index (χ4v) is 5.81. The minimum Gasteiger partial charge on any atom is -0.468 e. The Bertz CT molecular complexity index is 818. The van der Waals surface area contributed by atoms with Crippen LogP contribution in [0.15, 0.2) is 66.2 Å². The van der Waals surface area contributed by atoms with E-state index in [0.717, 1.165) is 16.0 Å². The molecule has 0 radical (unpaired) electrons. The van der Waals surface area contributed by atoms with E-state index in [9.17, 15) is 9.59 Å². The summed E-state index contributed by atoms with van der Waals surface area (Å²) in [6.45, 7) is 0. The van der Waals surface area contributed by atoms with Gasteiger partial charge in [0.05, 0.1) is 24.4 Å². The van der Waals surface area contributed by atoms with Gasteiger partial charge in [0.25, 0.3) is 0 Å². The van der Waals surface area contributed by atoms with Crippen molar-refractivity contribution in [3.63, 3.8) is 0 Å². The first kappa shape index (κ1) is 18.6. The second-order valence-electron chi connectivity index (χ2n) is 5.50. The number of hydrogen-bond donors (Lipinski definition) is 0. The van der Waals surface area contributed by atoms with Crippen LogP contribution in [0.5, 0.6) is 0 Å². The molecule has 0 amide bonds. The molecule has 134 valence electrons. The van der Waals surface area contributed by atoms with Crippen molar-refractivity contribution in [2.45, 2.75) is 9.83 Å². The zero-order valence-electron chi connectivity index (χ0n) is 14.4. The topological polar surface area (TPSA) is 52.6 Å². The van der Waals surface area contributed by atoms with Gasteiger partial charge in [-0.05, 0) is 11.1 Å². The number of hydrogen-bond acceptors (Lipinski definition) is 6. The van der Waals surface area contributed by atoms with Gasteiger partial charge < -0.3 is 9.47 Å². The van der Waals surface area contributed by atoms with Crippen LogP contribution in [0.1, 0.15) is 15.7 Å². The molecule has 0 saturated heterocycles. The number of carbonyl (C=O) groups is 2. The highest BCUT2D eigenvalue weighted by atomic mass is 32.2. The molecule has 1 heterocycles. The van der Waals surface area contributed by atoms with Crippen LogP contribution in [0.2, 0.25) is 0 Å². The van der Waals surface area contributed by atoms with E-state index in [4.69, 9.17) is 9.47 Å². The molecule has 2 aromatic carbocycles. The third kappa shape index (κ3) is 3.81. The van der Waals surface area contributed by atoms with Crippen LogP contribution >= 0.6 is 23.5 Å². The van der Waals surface area contributed by atoms with Gasteiger partial charge in [0, 0.05) is 4.91 Å². The van der Waals surface area contributed by atoms with E-state index in [2.05, 4.69) is 0 Å². The lowest BCUT2D eigenvalue weighted by atomic mass is 10.1. The van der Waals surface area contributed by atoms with Crippen LogP contribution in [0.25, 0.3) is 4.91 Å². The van der Waals surface area contributed by atoms with E-state index in [1.165, 1.54) is 26.0 Å². The average Bonchev–Trinajstić information content (AvgIpc) is 2.72. The minimum atomic E-state index is -0.742. The highest BCUT2D eigenvalue weighted by molar-refractivity contribution is 8.22. The van der Waals surface area contributed by atoms with Crippen LogP contribution in [0.4, 0.5) is 0 Å². The zero-order chi connectivity index (χ0) is 18.5. The van der Waals surface area contributed by atoms with Gasteiger partial charge in [0.2, 0.25) is 0 Å². The molecule has 1 aliphatic heterocycles. The van der Waals surface area contributed by atoms with Crippen LogP contribution in [-0.2, 0) is 19.1 Å². The zero-order valence-corrected chi connectivity index (χ0v) is 16.0. The van der Waals surface area contributed by atoms with Crippen molar-refractivity contribution in [1.29, 1.82) is 0 Å². The Balaban J connectivity index is 2.14. The normalized spacial score (nSPS) is 19.8. The lowest BCUT2D eigenvalue weighted by Gasteiger charge is -2.30. The molecule has 3 rings (SSSR count). The minimum absolute atomic E-state index is 0.0380. The summed E-state index contributed by atoms with van der Waals surface area (Å²) in [6, 6.07) is 19.5. The lowest BCUT2D eigenvalue weighted by molar-refractivity contribution is -0.142. The van der Waals surface area contributed by atoms with E-state index in [-0.39, 0.29) is 4.58 Å². The largest absolute Gasteiger partial charge is 0.468 e. The number of carbonyl (C=O) groups excluding carboxylic acids is 2. The Kier molecular flexibility index (Phi) is 6.06. The molecule has 6 heteroatoms. The van der Waals surface area contributed by atoms with Crippen LogP contribution in [0, 0.1) is 0 Å². The van der Waals surface area contributed by atoms with E-state index < -0.39 is 17.2 Å². The molecule has 0 spiro atoms. The van der Waals surface area contributed by atoms with Gasteiger partial charge in [-0.15, -0.1) is 23.5 Å². The summed E-state index contributed by atoms with van der Waals surface area (Å²) in [4.78, 5) is 25.7. The molecule has 26 heavy (non-hydrogen) atoms. The molecular weight excluding hydrogens is 368 g/mol. The smallest absolute Gasteiger partial charge is 0.336 e. The number of rotatable bonds is 4. The molecule has 0 bridgehead atoms. The first-order valence-corrected chi connectivity index (χ1v) is 9.80. The first-order chi connectivity index (χ1) is 12.7. The summed E-state index contributed by atoms with van der Waals surface area (Å²) in [5.41, 5.74) is 2.30. The van der Waals surface area contributed by atoms with Crippen LogP contribution < -0.4 is 0 Å². The van der Waals surface area contributed by atoms with Crippen LogP contribution in [0.3, 0.4) is 0 Å². The van der Waals surface area contributed by atoms with E-state index in [0.29, 0.717) is 5.57 Å². The molecular formula is C20H18O4S2. The fourth-order valence-electron chi connectivity index (χ4n) is 2.67. The van der Waals surface area contributed by atoms with Crippen molar-refractivity contribution >= 4 is 40.4 Å². The quantitative estimate of drug-likeness (QED) is 0.731. The molecule has 0 aliphatic carbocycles. The lowest BCUT2D eigenvalue weighted by Crippen LogP contribution is -2.30. The Morgan fingerprint density at radius 3 is 2.08 bits per heavy atom. The second-order valence-corrected chi connectivity index (χ2v) is 8.13. The molecule has 0 fully saturated rings. The molecule has 2 atom stereocenters. The average molecular weight is 386 g/mol. The summed E-state index contributed by atoms with van der Waals surface area (Å²) in [5.74, 6) is -0.962. The van der Waals surface area contributed by atoms with Crippen molar-refractivity contribution in [1.82, 2.24) is 0 Å². The second kappa shape index (κ2) is 8.47. The molecule has 1 aliphatic rings. The van der Waals surface area contributed by atoms with Gasteiger partial charge in [-0.1, -0.05) is 60.7 Å². The maximum atomic E-state index is 12.5. The van der Waals surface area contributed by atoms with E-state index >= 15 is 0 Å². The monoisotopic (exact) mass is 386 g/mol. The Morgan fingerprint density at radius 2 is 1.50 bits per heavy atom. The number of benzene rings is 2. The SMILES string of the molecule is COC(=O)C1=C(c2ccccc2)SC(c2ccccc2)SC1C(=O)OC. The number of thioether (sulfide) groups is 2. The van der Waals surface area contributed by atoms with Gasteiger partial charge in [-0.2, -0.15) is 0 Å². The molecule has 4 nitrogen and oxygen atoms in total. The highest BCUT2D eigenvalue weighted by Crippen LogP contribution is 2.55. The highest BCUT2D eigenvalue weighted by Gasteiger charge is 2.40. The van der Waals surface area contributed by atoms with Gasteiger partial charge in [0.1, 0.15) is 5.25 Å². The summed E-state index contributed by atoms with van der Waals surface area (Å²) in [7, 11) is 2.66. The maximum absolute atomic E-state index is 12.5. The standard InChI is InChI=1S/C20H18O4S2/c1-23-18(21)15-16(13-9-5-3-6-10-13)25-20(14-11-7-4-8-12-14)26-17(15)19(22)24-2/h3-12,17,20H,1-2H3. The van der Waals surface area contributed by atoms with Gasteiger partial charge >= 0.3 is 11.9 Å². The summed E-state index contributed by atoms with van der Waals surface area (Å²) in [5, 5.41) is -0.742. The maximum Gasteiger partial charge on any atom is 0.336 e. The van der Waals surface area contributed by atoms with Gasteiger partial charge in [-0.3, -0.25) is 4.79 Å². The summed E-state index contributed by atoms with van der Waals surface area (Å²) >= 11 is 2.95. The van der Waals surface area contributed by atoms with Crippen LogP contribution in [-0.4, -0.2) is 31.4 Å². The summed E-state index contributed by atoms with van der Waals surface area (Å²) in [6.07, 6.45) is 0. The van der Waals surface area contributed by atoms with Gasteiger partial charge in [0.15, 0.2) is 0 Å². The number of ether oxygens (including phenoxy) is 2. The summed E-state index contributed by atoms with van der Waals surface area (Å²) < 4.78 is 9.91. The number of methoxy groups -OCH3 is 2. The Hall–Kier alpha value is -2.18. The molecule has 0 saturated carbocycles. The Labute approximate surface area is 161 Å².